The van der Waals surface area contributed by atoms with Gasteiger partial charge in [-0.1, -0.05) is 12.1 Å². The van der Waals surface area contributed by atoms with Crippen molar-refractivity contribution in [2.45, 2.75) is 0 Å². The fraction of sp³-hybridized carbons (Fsp3) is 0. The van der Waals surface area contributed by atoms with Crippen LogP contribution in [0.5, 0.6) is 0 Å². The molecule has 0 bridgehead atoms. The van der Waals surface area contributed by atoms with Gasteiger partial charge in [0, 0.05) is 0 Å². The lowest BCUT2D eigenvalue weighted by Crippen LogP contribution is -1.78. The van der Waals surface area contributed by atoms with Crippen molar-refractivity contribution < 1.29 is 4.39 Å². The summed E-state index contributed by atoms with van der Waals surface area (Å²) >= 11 is 0. The van der Waals surface area contributed by atoms with Crippen LogP contribution < -0.4 is 0 Å². The molecule has 1 radical (unpaired) electrons. The molecule has 1 aromatic carbocycles. The molecule has 0 spiro atoms. The van der Waals surface area contributed by atoms with Gasteiger partial charge in [-0.25, -0.2) is 4.39 Å². The predicted molar refractivity (Wildman–Crippen MR) is 32.6 cm³/mol. The molecule has 1 heteroatoms. The van der Waals surface area contributed by atoms with E-state index < -0.39 is 5.82 Å². The lowest BCUT2D eigenvalue weighted by Gasteiger charge is -1.88. The van der Waals surface area contributed by atoms with E-state index in [9.17, 15) is 4.39 Å². The zero-order valence-electron chi connectivity index (χ0n) is 4.69. The van der Waals surface area contributed by atoms with Crippen LogP contribution in [0.1, 0.15) is 5.56 Å². The lowest BCUT2D eigenvalue weighted by molar-refractivity contribution is 0.624. The Labute approximate surface area is 53.3 Å². The zero-order valence-corrected chi connectivity index (χ0v) is 4.69. The van der Waals surface area contributed by atoms with Crippen molar-refractivity contribution >= 4 is 0 Å². The summed E-state index contributed by atoms with van der Waals surface area (Å²) in [5.74, 6) is 1.57. The van der Waals surface area contributed by atoms with Crippen LogP contribution in [-0.2, 0) is 0 Å². The van der Waals surface area contributed by atoms with Crippen molar-refractivity contribution in [1.82, 2.24) is 0 Å². The molecular weight excluding hydrogens is 115 g/mol. The molecular formula is C8H4F. The van der Waals surface area contributed by atoms with Crippen LogP contribution >= 0.6 is 0 Å². The van der Waals surface area contributed by atoms with Gasteiger partial charge < -0.3 is 0 Å². The van der Waals surface area contributed by atoms with Crippen LogP contribution in [0.25, 0.3) is 0 Å². The van der Waals surface area contributed by atoms with E-state index in [1.165, 1.54) is 12.1 Å². The number of benzene rings is 1. The third kappa shape index (κ3) is 1.09. The van der Waals surface area contributed by atoms with Crippen LogP contribution in [0, 0.1) is 18.2 Å². The van der Waals surface area contributed by atoms with E-state index in [1.54, 1.807) is 12.1 Å². The summed E-state index contributed by atoms with van der Waals surface area (Å²) in [5, 5.41) is 0. The van der Waals surface area contributed by atoms with Gasteiger partial charge in [0.25, 0.3) is 0 Å². The van der Waals surface area contributed by atoms with Gasteiger partial charge in [-0.15, -0.1) is 0 Å². The topological polar surface area (TPSA) is 0 Å². The highest BCUT2D eigenvalue weighted by atomic mass is 19.1. The highest BCUT2D eigenvalue weighted by Crippen LogP contribution is 2.02. The van der Waals surface area contributed by atoms with E-state index in [1.807, 2.05) is 5.92 Å². The molecule has 1 aromatic rings. The Morgan fingerprint density at radius 3 is 2.44 bits per heavy atom. The van der Waals surface area contributed by atoms with Crippen LogP contribution in [0.15, 0.2) is 24.3 Å². The number of rotatable bonds is 0. The second-order valence-corrected chi connectivity index (χ2v) is 1.60. The molecule has 1 rings (SSSR count). The van der Waals surface area contributed by atoms with Crippen LogP contribution in [0.4, 0.5) is 4.39 Å². The fourth-order valence-electron chi connectivity index (χ4n) is 0.563. The summed E-state index contributed by atoms with van der Waals surface area (Å²) < 4.78 is 12.4. The van der Waals surface area contributed by atoms with Crippen LogP contribution in [-0.4, -0.2) is 0 Å². The molecule has 0 atom stereocenters. The van der Waals surface area contributed by atoms with Crippen molar-refractivity contribution in [3.05, 3.63) is 42.1 Å². The SMILES string of the molecule is [C]#Cc1ccccc1F. The van der Waals surface area contributed by atoms with Gasteiger partial charge in [-0.2, -0.15) is 0 Å². The maximum atomic E-state index is 12.4. The Hall–Kier alpha value is -1.29. The first-order chi connectivity index (χ1) is 4.34. The summed E-state index contributed by atoms with van der Waals surface area (Å²) in [6.45, 7) is 0. The van der Waals surface area contributed by atoms with Crippen molar-refractivity contribution in [2.75, 3.05) is 0 Å². The minimum Gasteiger partial charge on any atom is -0.206 e. The Bertz CT molecular complexity index is 245. The summed E-state index contributed by atoms with van der Waals surface area (Å²) in [6, 6.07) is 6.05. The molecule has 0 saturated heterocycles. The maximum Gasteiger partial charge on any atom is 0.138 e. The van der Waals surface area contributed by atoms with Gasteiger partial charge in [-0.05, 0) is 24.5 Å². The molecule has 43 valence electrons. The Kier molecular flexibility index (Phi) is 1.51. The van der Waals surface area contributed by atoms with Gasteiger partial charge in [0.2, 0.25) is 0 Å². The lowest BCUT2D eigenvalue weighted by atomic mass is 10.2. The molecule has 0 nitrogen and oxygen atoms in total. The average molecular weight is 119 g/mol. The Morgan fingerprint density at radius 1 is 1.33 bits per heavy atom. The molecule has 0 amide bonds. The van der Waals surface area contributed by atoms with Gasteiger partial charge in [0.1, 0.15) is 5.82 Å². The van der Waals surface area contributed by atoms with Crippen molar-refractivity contribution in [3.63, 3.8) is 0 Å². The summed E-state index contributed by atoms with van der Waals surface area (Å²) in [4.78, 5) is 0. The van der Waals surface area contributed by atoms with Gasteiger partial charge in [0.05, 0.1) is 5.56 Å². The van der Waals surface area contributed by atoms with Gasteiger partial charge >= 0.3 is 0 Å². The molecule has 0 aliphatic rings. The van der Waals surface area contributed by atoms with E-state index in [-0.39, 0.29) is 5.56 Å². The number of halogens is 1. The van der Waals surface area contributed by atoms with E-state index in [0.29, 0.717) is 0 Å². The monoisotopic (exact) mass is 119 g/mol. The molecule has 0 aliphatic heterocycles. The molecule has 0 heterocycles. The minimum absolute atomic E-state index is 0.206. The Morgan fingerprint density at radius 2 is 2.00 bits per heavy atom. The second-order valence-electron chi connectivity index (χ2n) is 1.60. The summed E-state index contributed by atoms with van der Waals surface area (Å²) in [5.41, 5.74) is 0.206. The average Bonchev–Trinajstić information content (AvgIpc) is 1.89. The van der Waals surface area contributed by atoms with Crippen LogP contribution in [0.2, 0.25) is 0 Å². The first-order valence-corrected chi connectivity index (χ1v) is 2.52. The minimum atomic E-state index is -0.396. The quantitative estimate of drug-likeness (QED) is 0.456. The molecule has 0 fully saturated rings. The van der Waals surface area contributed by atoms with E-state index >= 15 is 0 Å². The fourth-order valence-corrected chi connectivity index (χ4v) is 0.563. The third-order valence-corrected chi connectivity index (χ3v) is 1.01. The molecule has 9 heavy (non-hydrogen) atoms. The predicted octanol–water partition coefficient (Wildman–Crippen LogP) is 1.76. The summed E-state index contributed by atoms with van der Waals surface area (Å²) in [6.07, 6.45) is 6.59. The van der Waals surface area contributed by atoms with E-state index in [0.717, 1.165) is 0 Å². The first kappa shape index (κ1) is 5.84. The third-order valence-electron chi connectivity index (χ3n) is 1.01. The van der Waals surface area contributed by atoms with Crippen LogP contribution in [0.3, 0.4) is 0 Å². The molecule has 0 N–H and O–H groups in total. The van der Waals surface area contributed by atoms with Gasteiger partial charge in [-0.3, -0.25) is 0 Å². The van der Waals surface area contributed by atoms with Crippen molar-refractivity contribution in [3.8, 4) is 5.92 Å². The van der Waals surface area contributed by atoms with E-state index in [2.05, 4.69) is 0 Å². The second kappa shape index (κ2) is 2.32. The normalized spacial score (nSPS) is 8.44. The smallest absolute Gasteiger partial charge is 0.138 e. The van der Waals surface area contributed by atoms with Crippen molar-refractivity contribution in [2.24, 2.45) is 0 Å². The largest absolute Gasteiger partial charge is 0.206 e. The first-order valence-electron chi connectivity index (χ1n) is 2.52. The highest BCUT2D eigenvalue weighted by Gasteiger charge is 1.92. The molecule has 0 saturated carbocycles. The molecule has 0 aromatic heterocycles. The zero-order chi connectivity index (χ0) is 6.69. The summed E-state index contributed by atoms with van der Waals surface area (Å²) in [7, 11) is 0. The molecule has 0 aliphatic carbocycles. The Balaban J connectivity index is 3.20. The maximum absolute atomic E-state index is 12.4. The van der Waals surface area contributed by atoms with Crippen molar-refractivity contribution in [1.29, 1.82) is 0 Å². The number of hydrogen-bond donors (Lipinski definition) is 0. The van der Waals surface area contributed by atoms with E-state index in [4.69, 9.17) is 6.42 Å². The number of hydrogen-bond acceptors (Lipinski definition) is 0. The standard InChI is InChI=1S/C8H4F/c1-2-7-5-3-4-6-8(7)9/h3-6H. The molecule has 0 unspecified atom stereocenters. The van der Waals surface area contributed by atoms with Gasteiger partial charge in [0.15, 0.2) is 0 Å². The highest BCUT2D eigenvalue weighted by molar-refractivity contribution is 5.30.